The van der Waals surface area contributed by atoms with Crippen molar-refractivity contribution in [1.82, 2.24) is 10.1 Å². The molecule has 2 heterocycles. The number of nitrogen functional groups attached to an aromatic ring is 1. The molecule has 0 fully saturated rings. The van der Waals surface area contributed by atoms with Crippen LogP contribution in [0.4, 0.5) is 5.88 Å². The molecule has 0 atom stereocenters. The zero-order valence-corrected chi connectivity index (χ0v) is 11.6. The fraction of sp³-hybridized carbons (Fsp3) is 0.125. The lowest BCUT2D eigenvalue weighted by Gasteiger charge is -2.05. The highest BCUT2D eigenvalue weighted by molar-refractivity contribution is 5.86. The summed E-state index contributed by atoms with van der Waals surface area (Å²) in [5.41, 5.74) is 9.25. The largest absolute Gasteiger partial charge is 0.494 e. The molecule has 5 heteroatoms. The van der Waals surface area contributed by atoms with E-state index in [-0.39, 0.29) is 0 Å². The highest BCUT2D eigenvalue weighted by atomic mass is 16.5. The molecule has 0 saturated carbocycles. The van der Waals surface area contributed by atoms with Crippen LogP contribution in [0, 0.1) is 0 Å². The van der Waals surface area contributed by atoms with Gasteiger partial charge >= 0.3 is 0 Å². The van der Waals surface area contributed by atoms with E-state index in [2.05, 4.69) is 10.1 Å². The Morgan fingerprint density at radius 2 is 1.76 bits per heavy atom. The van der Waals surface area contributed by atoms with Gasteiger partial charge in [-0.1, -0.05) is 5.16 Å². The SMILES string of the molecule is CCOc1ccc(-c2noc(N)c2-c2ccncc2)cc1. The minimum Gasteiger partial charge on any atom is -0.494 e. The van der Waals surface area contributed by atoms with Crippen LogP contribution in [0.1, 0.15) is 6.92 Å². The lowest BCUT2D eigenvalue weighted by Crippen LogP contribution is -1.91. The summed E-state index contributed by atoms with van der Waals surface area (Å²) in [7, 11) is 0. The smallest absolute Gasteiger partial charge is 0.230 e. The van der Waals surface area contributed by atoms with Gasteiger partial charge in [-0.3, -0.25) is 4.98 Å². The molecule has 0 saturated heterocycles. The maximum Gasteiger partial charge on any atom is 0.230 e. The number of hydrogen-bond donors (Lipinski definition) is 1. The molecule has 0 aliphatic rings. The summed E-state index contributed by atoms with van der Waals surface area (Å²) in [6, 6.07) is 11.4. The Bertz CT molecular complexity index is 721. The van der Waals surface area contributed by atoms with Gasteiger partial charge in [0.15, 0.2) is 0 Å². The number of aromatic nitrogens is 2. The van der Waals surface area contributed by atoms with Crippen molar-refractivity contribution in [2.45, 2.75) is 6.92 Å². The molecule has 0 unspecified atom stereocenters. The summed E-state index contributed by atoms with van der Waals surface area (Å²) >= 11 is 0. The second-order valence-corrected chi connectivity index (χ2v) is 4.46. The number of benzene rings is 1. The summed E-state index contributed by atoms with van der Waals surface area (Å²) in [5.74, 6) is 1.12. The van der Waals surface area contributed by atoms with E-state index in [0.717, 1.165) is 22.4 Å². The van der Waals surface area contributed by atoms with Crippen molar-refractivity contribution >= 4 is 5.88 Å². The fourth-order valence-electron chi connectivity index (χ4n) is 2.17. The Hall–Kier alpha value is -2.82. The van der Waals surface area contributed by atoms with Gasteiger partial charge in [0, 0.05) is 18.0 Å². The number of hydrogen-bond acceptors (Lipinski definition) is 5. The molecule has 0 radical (unpaired) electrons. The molecule has 0 aliphatic carbocycles. The number of pyridine rings is 1. The van der Waals surface area contributed by atoms with Crippen molar-refractivity contribution in [2.75, 3.05) is 12.3 Å². The summed E-state index contributed by atoms with van der Waals surface area (Å²) in [6.45, 7) is 2.59. The molecule has 21 heavy (non-hydrogen) atoms. The molecule has 2 aromatic heterocycles. The topological polar surface area (TPSA) is 74.2 Å². The zero-order valence-electron chi connectivity index (χ0n) is 11.6. The molecule has 1 aromatic carbocycles. The van der Waals surface area contributed by atoms with Gasteiger partial charge in [0.1, 0.15) is 11.4 Å². The third-order valence-electron chi connectivity index (χ3n) is 3.13. The Kier molecular flexibility index (Phi) is 3.55. The quantitative estimate of drug-likeness (QED) is 0.793. The third kappa shape index (κ3) is 2.58. The molecule has 2 N–H and O–H groups in total. The Morgan fingerprint density at radius 3 is 2.43 bits per heavy atom. The van der Waals surface area contributed by atoms with E-state index in [1.807, 2.05) is 43.3 Å². The Labute approximate surface area is 122 Å². The van der Waals surface area contributed by atoms with Crippen molar-refractivity contribution in [1.29, 1.82) is 0 Å². The maximum atomic E-state index is 5.91. The van der Waals surface area contributed by atoms with E-state index in [1.165, 1.54) is 0 Å². The first-order chi connectivity index (χ1) is 10.3. The maximum absolute atomic E-state index is 5.91. The summed E-state index contributed by atoms with van der Waals surface area (Å²) < 4.78 is 10.6. The minimum absolute atomic E-state index is 0.296. The van der Waals surface area contributed by atoms with E-state index in [4.69, 9.17) is 15.0 Å². The highest BCUT2D eigenvalue weighted by Gasteiger charge is 2.17. The average Bonchev–Trinajstić information content (AvgIpc) is 2.91. The molecule has 0 spiro atoms. The first kappa shape index (κ1) is 13.2. The number of anilines is 1. The van der Waals surface area contributed by atoms with Crippen LogP contribution in [0.15, 0.2) is 53.3 Å². The third-order valence-corrected chi connectivity index (χ3v) is 3.13. The Morgan fingerprint density at radius 1 is 1.05 bits per heavy atom. The molecular weight excluding hydrogens is 266 g/mol. The standard InChI is InChI=1S/C16H15N3O2/c1-2-20-13-5-3-12(4-6-13)15-14(16(17)21-19-15)11-7-9-18-10-8-11/h3-10H,2,17H2,1H3. The average molecular weight is 281 g/mol. The van der Waals surface area contributed by atoms with Crippen LogP contribution in [0.3, 0.4) is 0 Å². The van der Waals surface area contributed by atoms with Crippen LogP contribution in [-0.2, 0) is 0 Å². The van der Waals surface area contributed by atoms with E-state index in [0.29, 0.717) is 18.2 Å². The van der Waals surface area contributed by atoms with Gasteiger partial charge in [-0.2, -0.15) is 0 Å². The molecule has 106 valence electrons. The minimum atomic E-state index is 0.296. The van der Waals surface area contributed by atoms with E-state index in [9.17, 15) is 0 Å². The van der Waals surface area contributed by atoms with Gasteiger partial charge in [-0.25, -0.2) is 0 Å². The lowest BCUT2D eigenvalue weighted by atomic mass is 10.0. The van der Waals surface area contributed by atoms with Crippen molar-refractivity contribution in [2.24, 2.45) is 0 Å². The van der Waals surface area contributed by atoms with Crippen LogP contribution in [0.5, 0.6) is 5.75 Å². The van der Waals surface area contributed by atoms with E-state index in [1.54, 1.807) is 12.4 Å². The van der Waals surface area contributed by atoms with Crippen LogP contribution < -0.4 is 10.5 Å². The predicted octanol–water partition coefficient (Wildman–Crippen LogP) is 3.38. The van der Waals surface area contributed by atoms with Gasteiger partial charge in [0.25, 0.3) is 0 Å². The molecule has 3 aromatic rings. The molecule has 0 amide bonds. The van der Waals surface area contributed by atoms with Crippen LogP contribution in [0.2, 0.25) is 0 Å². The molecule has 0 bridgehead atoms. The number of ether oxygens (including phenoxy) is 1. The van der Waals surface area contributed by atoms with Gasteiger partial charge in [0.05, 0.1) is 12.2 Å². The summed E-state index contributed by atoms with van der Waals surface area (Å²) in [5, 5.41) is 4.08. The molecule has 0 aliphatic heterocycles. The number of nitrogens with two attached hydrogens (primary N) is 1. The van der Waals surface area contributed by atoms with Gasteiger partial charge in [-0.15, -0.1) is 0 Å². The molecular formula is C16H15N3O2. The summed E-state index contributed by atoms with van der Waals surface area (Å²) in [4.78, 5) is 4.01. The van der Waals surface area contributed by atoms with Crippen LogP contribution >= 0.6 is 0 Å². The number of rotatable bonds is 4. The number of nitrogens with zero attached hydrogens (tertiary/aromatic N) is 2. The van der Waals surface area contributed by atoms with Crippen LogP contribution in [0.25, 0.3) is 22.4 Å². The van der Waals surface area contributed by atoms with E-state index < -0.39 is 0 Å². The first-order valence-corrected chi connectivity index (χ1v) is 6.68. The molecule has 3 rings (SSSR count). The van der Waals surface area contributed by atoms with Crippen LogP contribution in [-0.4, -0.2) is 16.7 Å². The second-order valence-electron chi connectivity index (χ2n) is 4.46. The van der Waals surface area contributed by atoms with Gasteiger partial charge < -0.3 is 15.0 Å². The van der Waals surface area contributed by atoms with Crippen molar-refractivity contribution < 1.29 is 9.26 Å². The van der Waals surface area contributed by atoms with Crippen molar-refractivity contribution in [3.8, 4) is 28.1 Å². The van der Waals surface area contributed by atoms with Gasteiger partial charge in [-0.05, 0) is 48.9 Å². The zero-order chi connectivity index (χ0) is 14.7. The van der Waals surface area contributed by atoms with Gasteiger partial charge in [0.2, 0.25) is 5.88 Å². The lowest BCUT2D eigenvalue weighted by molar-refractivity contribution is 0.340. The first-order valence-electron chi connectivity index (χ1n) is 6.68. The van der Waals surface area contributed by atoms with E-state index >= 15 is 0 Å². The van der Waals surface area contributed by atoms with Crippen molar-refractivity contribution in [3.63, 3.8) is 0 Å². The predicted molar refractivity (Wildman–Crippen MR) is 80.8 cm³/mol. The van der Waals surface area contributed by atoms with Crippen molar-refractivity contribution in [3.05, 3.63) is 48.8 Å². The highest BCUT2D eigenvalue weighted by Crippen LogP contribution is 2.36. The normalized spacial score (nSPS) is 10.5. The summed E-state index contributed by atoms with van der Waals surface area (Å²) in [6.07, 6.45) is 3.42. The fourth-order valence-corrected chi connectivity index (χ4v) is 2.17. The monoisotopic (exact) mass is 281 g/mol. The second kappa shape index (κ2) is 5.66. The Balaban J connectivity index is 2.03. The molecule has 5 nitrogen and oxygen atoms in total.